The van der Waals surface area contributed by atoms with E-state index in [0.717, 1.165) is 47.5 Å². The first-order valence-electron chi connectivity index (χ1n) is 11.4. The van der Waals surface area contributed by atoms with Crippen LogP contribution in [0.3, 0.4) is 0 Å². The number of hydrogen-bond donors (Lipinski definition) is 3. The highest BCUT2D eigenvalue weighted by atomic mass is 32.1. The van der Waals surface area contributed by atoms with Crippen molar-refractivity contribution in [1.82, 2.24) is 19.5 Å². The molecule has 6 heteroatoms. The minimum absolute atomic E-state index is 0.361. The molecule has 0 spiro atoms. The van der Waals surface area contributed by atoms with Gasteiger partial charge in [-0.15, -0.1) is 0 Å². The molecule has 0 fully saturated rings. The maximum Gasteiger partial charge on any atom is 0.183 e. The third kappa shape index (κ3) is 3.69. The average Bonchev–Trinajstić information content (AvgIpc) is 3.37. The number of allylic oxidation sites excluding steroid dienone is 2. The van der Waals surface area contributed by atoms with E-state index >= 15 is 0 Å². The number of hydrogen-bond acceptors (Lipinski definition) is 3. The Morgan fingerprint density at radius 1 is 1.22 bits per heavy atom. The molecule has 2 atom stereocenters. The van der Waals surface area contributed by atoms with Crippen molar-refractivity contribution in [2.75, 3.05) is 5.32 Å². The number of aromatic amines is 2. The van der Waals surface area contributed by atoms with Crippen LogP contribution in [0.2, 0.25) is 0 Å². The van der Waals surface area contributed by atoms with E-state index in [9.17, 15) is 0 Å². The van der Waals surface area contributed by atoms with Gasteiger partial charge in [-0.2, -0.15) is 0 Å². The molecule has 32 heavy (non-hydrogen) atoms. The number of nitrogens with zero attached hydrogens (tertiary/aromatic N) is 2. The zero-order chi connectivity index (χ0) is 22.2. The van der Waals surface area contributed by atoms with Crippen molar-refractivity contribution in [3.63, 3.8) is 0 Å². The fraction of sp³-hybridized carbons (Fsp3) is 0.308. The Balaban J connectivity index is 1.68. The molecule has 1 aliphatic rings. The summed E-state index contributed by atoms with van der Waals surface area (Å²) in [6.07, 6.45) is 7.33. The van der Waals surface area contributed by atoms with Gasteiger partial charge in [0.25, 0.3) is 0 Å². The zero-order valence-electron chi connectivity index (χ0n) is 18.8. The zero-order valence-corrected chi connectivity index (χ0v) is 19.6. The fourth-order valence-electron chi connectivity index (χ4n) is 4.98. The summed E-state index contributed by atoms with van der Waals surface area (Å²) in [7, 11) is 0. The highest BCUT2D eigenvalue weighted by Gasteiger charge is 2.29. The van der Waals surface area contributed by atoms with Crippen molar-refractivity contribution >= 4 is 34.8 Å². The van der Waals surface area contributed by atoms with Gasteiger partial charge in [-0.25, -0.2) is 4.98 Å². The second kappa shape index (κ2) is 8.43. The molecule has 0 saturated heterocycles. The lowest BCUT2D eigenvalue weighted by Gasteiger charge is -2.29. The van der Waals surface area contributed by atoms with E-state index in [1.54, 1.807) is 6.33 Å². The Kier molecular flexibility index (Phi) is 5.47. The van der Waals surface area contributed by atoms with Crippen LogP contribution in [-0.2, 0) is 6.42 Å². The number of fused-ring (bicyclic) bond motifs is 1. The molecule has 2 unspecified atom stereocenters. The topological polar surface area (TPSA) is 61.4 Å². The SMILES string of the molecule is CCc1ccccc1Nc1[nH]c(=S)n(-c2ccc3nc[nH]c3c2)c1C1CCC(C)=CC1C. The first kappa shape index (κ1) is 20.8. The maximum atomic E-state index is 5.88. The number of imidazole rings is 2. The highest BCUT2D eigenvalue weighted by molar-refractivity contribution is 7.71. The molecule has 5 nitrogen and oxygen atoms in total. The number of aromatic nitrogens is 4. The molecule has 0 amide bonds. The predicted octanol–water partition coefficient (Wildman–Crippen LogP) is 7.18. The number of anilines is 2. The van der Waals surface area contributed by atoms with Crippen LogP contribution in [-0.4, -0.2) is 19.5 Å². The normalized spacial score (nSPS) is 18.7. The van der Waals surface area contributed by atoms with Gasteiger partial charge in [0.05, 0.1) is 28.7 Å². The molecule has 0 radical (unpaired) electrons. The van der Waals surface area contributed by atoms with Crippen LogP contribution in [0, 0.1) is 10.7 Å². The number of para-hydroxylation sites is 1. The molecule has 2 aromatic heterocycles. The van der Waals surface area contributed by atoms with Gasteiger partial charge in [-0.05, 0) is 74.2 Å². The van der Waals surface area contributed by atoms with Crippen LogP contribution in [0.15, 0.2) is 60.4 Å². The third-order valence-electron chi connectivity index (χ3n) is 6.64. The van der Waals surface area contributed by atoms with E-state index in [-0.39, 0.29) is 0 Å². The summed E-state index contributed by atoms with van der Waals surface area (Å²) in [4.78, 5) is 11.1. The fourth-order valence-corrected chi connectivity index (χ4v) is 5.28. The largest absolute Gasteiger partial charge is 0.345 e. The summed E-state index contributed by atoms with van der Waals surface area (Å²) in [5.74, 6) is 1.78. The van der Waals surface area contributed by atoms with Crippen LogP contribution >= 0.6 is 12.2 Å². The van der Waals surface area contributed by atoms with E-state index in [4.69, 9.17) is 12.2 Å². The van der Waals surface area contributed by atoms with Crippen molar-refractivity contribution in [2.45, 2.75) is 46.0 Å². The number of nitrogens with one attached hydrogen (secondary N) is 3. The maximum absolute atomic E-state index is 5.88. The van der Waals surface area contributed by atoms with E-state index in [1.807, 2.05) is 6.07 Å². The number of H-pyrrole nitrogens is 2. The molecule has 5 rings (SSSR count). The van der Waals surface area contributed by atoms with Crippen LogP contribution in [0.25, 0.3) is 16.7 Å². The molecule has 3 N–H and O–H groups in total. The van der Waals surface area contributed by atoms with Crippen molar-refractivity contribution in [3.8, 4) is 5.69 Å². The lowest BCUT2D eigenvalue weighted by Crippen LogP contribution is -2.18. The van der Waals surface area contributed by atoms with Gasteiger partial charge in [0.2, 0.25) is 0 Å². The molecule has 0 saturated carbocycles. The predicted molar refractivity (Wildman–Crippen MR) is 135 cm³/mol. The summed E-state index contributed by atoms with van der Waals surface area (Å²) in [5, 5.41) is 3.70. The summed E-state index contributed by atoms with van der Waals surface area (Å²) in [6.45, 7) is 6.74. The first-order chi connectivity index (χ1) is 15.5. The molecule has 2 aromatic carbocycles. The van der Waals surface area contributed by atoms with Gasteiger partial charge in [0.1, 0.15) is 5.82 Å². The second-order valence-electron chi connectivity index (χ2n) is 8.78. The average molecular weight is 444 g/mol. The Morgan fingerprint density at radius 2 is 2.06 bits per heavy atom. The van der Waals surface area contributed by atoms with Gasteiger partial charge >= 0.3 is 0 Å². The lowest BCUT2D eigenvalue weighted by molar-refractivity contribution is 0.466. The van der Waals surface area contributed by atoms with E-state index < -0.39 is 0 Å². The third-order valence-corrected chi connectivity index (χ3v) is 6.92. The molecule has 1 aliphatic carbocycles. The van der Waals surface area contributed by atoms with Crippen molar-refractivity contribution in [3.05, 3.63) is 76.5 Å². The Labute approximate surface area is 193 Å². The Bertz CT molecular complexity index is 1360. The molecular formula is C26H29N5S. The van der Waals surface area contributed by atoms with Crippen LogP contribution in [0.5, 0.6) is 0 Å². The quantitative estimate of drug-likeness (QED) is 0.226. The van der Waals surface area contributed by atoms with Crippen LogP contribution in [0.1, 0.15) is 50.8 Å². The summed E-state index contributed by atoms with van der Waals surface area (Å²) < 4.78 is 2.91. The Morgan fingerprint density at radius 3 is 2.88 bits per heavy atom. The van der Waals surface area contributed by atoms with Crippen LogP contribution in [0.4, 0.5) is 11.5 Å². The first-order valence-corrected chi connectivity index (χ1v) is 11.8. The van der Waals surface area contributed by atoms with Gasteiger partial charge < -0.3 is 15.3 Å². The van der Waals surface area contributed by atoms with E-state index in [1.165, 1.54) is 16.8 Å². The van der Waals surface area contributed by atoms with Crippen LogP contribution < -0.4 is 5.32 Å². The minimum atomic E-state index is 0.361. The number of aryl methyl sites for hydroxylation is 1. The monoisotopic (exact) mass is 443 g/mol. The summed E-state index contributed by atoms with van der Waals surface area (Å²) >= 11 is 5.88. The van der Waals surface area contributed by atoms with Crippen molar-refractivity contribution in [2.24, 2.45) is 5.92 Å². The Hall–Kier alpha value is -3.12. The summed E-state index contributed by atoms with van der Waals surface area (Å²) in [5.41, 5.74) is 8.12. The smallest absolute Gasteiger partial charge is 0.183 e. The summed E-state index contributed by atoms with van der Waals surface area (Å²) in [6, 6.07) is 14.8. The van der Waals surface area contributed by atoms with Gasteiger partial charge in [0.15, 0.2) is 4.77 Å². The molecule has 164 valence electrons. The highest BCUT2D eigenvalue weighted by Crippen LogP contribution is 2.41. The molecule has 0 aliphatic heterocycles. The minimum Gasteiger partial charge on any atom is -0.345 e. The van der Waals surface area contributed by atoms with Gasteiger partial charge in [-0.3, -0.25) is 4.57 Å². The van der Waals surface area contributed by atoms with E-state index in [2.05, 4.69) is 88.1 Å². The van der Waals surface area contributed by atoms with Gasteiger partial charge in [0, 0.05) is 11.6 Å². The van der Waals surface area contributed by atoms with Gasteiger partial charge in [-0.1, -0.05) is 43.7 Å². The lowest BCUT2D eigenvalue weighted by atomic mass is 9.80. The van der Waals surface area contributed by atoms with E-state index in [0.29, 0.717) is 16.6 Å². The number of rotatable bonds is 5. The van der Waals surface area contributed by atoms with Crippen molar-refractivity contribution < 1.29 is 0 Å². The van der Waals surface area contributed by atoms with Crippen molar-refractivity contribution in [1.29, 1.82) is 0 Å². The molecular weight excluding hydrogens is 414 g/mol. The molecule has 0 bridgehead atoms. The molecule has 4 aromatic rings. The second-order valence-corrected chi connectivity index (χ2v) is 9.17. The standard InChI is InChI=1S/C26H29N5S/c1-4-18-7-5-6-8-21(18)29-25-24(20-11-9-16(2)13-17(20)3)31(26(32)30-25)19-10-12-22-23(14-19)28-15-27-22/h5-8,10,12-15,17,20,29H,4,9,11H2,1-3H3,(H,27,28)(H,30,32). The molecule has 2 heterocycles. The number of benzene rings is 2.